The summed E-state index contributed by atoms with van der Waals surface area (Å²) in [6.07, 6.45) is -4.09. The van der Waals surface area contributed by atoms with Crippen molar-refractivity contribution in [1.29, 1.82) is 0 Å². The van der Waals surface area contributed by atoms with Gasteiger partial charge in [-0.1, -0.05) is 42.5 Å². The monoisotopic (exact) mass is 359 g/mol. The summed E-state index contributed by atoms with van der Waals surface area (Å²) < 4.78 is 40.2. The smallest absolute Gasteiger partial charge is 0.406 e. The zero-order valence-corrected chi connectivity index (χ0v) is 13.7. The maximum Gasteiger partial charge on any atom is 0.573 e. The molecule has 0 aromatic heterocycles. The minimum atomic E-state index is -4.75. The molecule has 0 bridgehead atoms. The van der Waals surface area contributed by atoms with Gasteiger partial charge in [0.25, 0.3) is 5.91 Å². The number of ether oxygens (including phenoxy) is 1. The Hall–Kier alpha value is -3.02. The van der Waals surface area contributed by atoms with E-state index in [0.717, 1.165) is 28.5 Å². The molecule has 0 unspecified atom stereocenters. The maximum atomic E-state index is 12.1. The molecule has 134 valence electrons. The molecule has 0 spiro atoms. The number of rotatable bonds is 5. The van der Waals surface area contributed by atoms with Gasteiger partial charge in [-0.3, -0.25) is 4.79 Å². The van der Waals surface area contributed by atoms with Gasteiger partial charge in [-0.2, -0.15) is 0 Å². The summed E-state index contributed by atoms with van der Waals surface area (Å²) in [4.78, 5) is 12.1. The summed E-state index contributed by atoms with van der Waals surface area (Å²) >= 11 is 0. The SMILES string of the molecule is O=C(NCCc1cccc2ccccc12)c1ccc(OC(F)(F)F)cc1. The molecule has 6 heteroatoms. The molecule has 0 aliphatic rings. The molecule has 0 saturated carbocycles. The van der Waals surface area contributed by atoms with Crippen molar-refractivity contribution < 1.29 is 22.7 Å². The van der Waals surface area contributed by atoms with Crippen LogP contribution in [0.25, 0.3) is 10.8 Å². The van der Waals surface area contributed by atoms with E-state index in [1.807, 2.05) is 42.5 Å². The lowest BCUT2D eigenvalue weighted by Crippen LogP contribution is -2.25. The van der Waals surface area contributed by atoms with Crippen LogP contribution < -0.4 is 10.1 Å². The average molecular weight is 359 g/mol. The van der Waals surface area contributed by atoms with Gasteiger partial charge in [0.1, 0.15) is 5.75 Å². The largest absolute Gasteiger partial charge is 0.573 e. The van der Waals surface area contributed by atoms with Gasteiger partial charge < -0.3 is 10.1 Å². The average Bonchev–Trinajstić information content (AvgIpc) is 2.61. The van der Waals surface area contributed by atoms with Crippen LogP contribution >= 0.6 is 0 Å². The van der Waals surface area contributed by atoms with Crippen LogP contribution in [-0.4, -0.2) is 18.8 Å². The highest BCUT2D eigenvalue weighted by molar-refractivity contribution is 5.94. The van der Waals surface area contributed by atoms with Crippen molar-refractivity contribution >= 4 is 16.7 Å². The Bertz CT molecular complexity index is 900. The lowest BCUT2D eigenvalue weighted by Gasteiger charge is -2.10. The van der Waals surface area contributed by atoms with Crippen LogP contribution in [0.2, 0.25) is 0 Å². The fourth-order valence-electron chi connectivity index (χ4n) is 2.73. The van der Waals surface area contributed by atoms with Crippen LogP contribution in [0, 0.1) is 0 Å². The van der Waals surface area contributed by atoms with Gasteiger partial charge in [-0.25, -0.2) is 0 Å². The lowest BCUT2D eigenvalue weighted by atomic mass is 10.0. The first-order valence-electron chi connectivity index (χ1n) is 8.03. The molecular formula is C20H16F3NO2. The molecule has 0 heterocycles. The van der Waals surface area contributed by atoms with Crippen molar-refractivity contribution in [2.45, 2.75) is 12.8 Å². The van der Waals surface area contributed by atoms with Crippen molar-refractivity contribution in [3.63, 3.8) is 0 Å². The van der Waals surface area contributed by atoms with Gasteiger partial charge in [0.05, 0.1) is 0 Å². The summed E-state index contributed by atoms with van der Waals surface area (Å²) in [7, 11) is 0. The third-order valence-electron chi connectivity index (χ3n) is 3.91. The Morgan fingerprint density at radius 2 is 1.62 bits per heavy atom. The second kappa shape index (κ2) is 7.47. The molecular weight excluding hydrogens is 343 g/mol. The molecule has 3 aromatic rings. The van der Waals surface area contributed by atoms with E-state index in [2.05, 4.69) is 10.1 Å². The molecule has 0 saturated heterocycles. The number of amides is 1. The molecule has 3 rings (SSSR count). The fourth-order valence-corrected chi connectivity index (χ4v) is 2.73. The summed E-state index contributed by atoms with van der Waals surface area (Å²) in [5, 5.41) is 5.05. The number of halogens is 3. The molecule has 1 amide bonds. The summed E-state index contributed by atoms with van der Waals surface area (Å²) in [6, 6.07) is 18.9. The number of alkyl halides is 3. The van der Waals surface area contributed by atoms with Crippen molar-refractivity contribution in [2.24, 2.45) is 0 Å². The second-order valence-electron chi connectivity index (χ2n) is 5.72. The first-order chi connectivity index (χ1) is 12.4. The van der Waals surface area contributed by atoms with Crippen molar-refractivity contribution in [1.82, 2.24) is 5.32 Å². The van der Waals surface area contributed by atoms with E-state index in [9.17, 15) is 18.0 Å². The fraction of sp³-hybridized carbons (Fsp3) is 0.150. The van der Waals surface area contributed by atoms with E-state index >= 15 is 0 Å². The van der Waals surface area contributed by atoms with Gasteiger partial charge in [-0.15, -0.1) is 13.2 Å². The Labute approximate surface area is 148 Å². The number of fused-ring (bicyclic) bond motifs is 1. The van der Waals surface area contributed by atoms with Crippen molar-refractivity contribution in [3.05, 3.63) is 77.9 Å². The quantitative estimate of drug-likeness (QED) is 0.716. The van der Waals surface area contributed by atoms with E-state index in [1.165, 1.54) is 12.1 Å². The molecule has 3 nitrogen and oxygen atoms in total. The lowest BCUT2D eigenvalue weighted by molar-refractivity contribution is -0.274. The van der Waals surface area contributed by atoms with E-state index in [-0.39, 0.29) is 17.2 Å². The maximum absolute atomic E-state index is 12.1. The van der Waals surface area contributed by atoms with Crippen LogP contribution in [0.4, 0.5) is 13.2 Å². The molecule has 1 N–H and O–H groups in total. The molecule has 3 aromatic carbocycles. The Morgan fingerprint density at radius 1 is 0.923 bits per heavy atom. The Morgan fingerprint density at radius 3 is 2.35 bits per heavy atom. The highest BCUT2D eigenvalue weighted by atomic mass is 19.4. The molecule has 0 radical (unpaired) electrons. The van der Waals surface area contributed by atoms with Crippen LogP contribution in [0.3, 0.4) is 0 Å². The van der Waals surface area contributed by atoms with Gasteiger partial charge in [-0.05, 0) is 47.0 Å². The molecule has 0 aliphatic carbocycles. The van der Waals surface area contributed by atoms with Crippen LogP contribution in [0.1, 0.15) is 15.9 Å². The number of nitrogens with one attached hydrogen (secondary N) is 1. The minimum absolute atomic E-state index is 0.275. The van der Waals surface area contributed by atoms with Gasteiger partial charge >= 0.3 is 6.36 Å². The van der Waals surface area contributed by atoms with Gasteiger partial charge in [0.2, 0.25) is 0 Å². The predicted octanol–water partition coefficient (Wildman–Crippen LogP) is 4.71. The Kier molecular flexibility index (Phi) is 5.11. The van der Waals surface area contributed by atoms with E-state index in [0.29, 0.717) is 13.0 Å². The third-order valence-corrected chi connectivity index (χ3v) is 3.91. The highest BCUT2D eigenvalue weighted by Crippen LogP contribution is 2.23. The molecule has 0 atom stereocenters. The highest BCUT2D eigenvalue weighted by Gasteiger charge is 2.31. The van der Waals surface area contributed by atoms with Crippen molar-refractivity contribution in [2.75, 3.05) is 6.54 Å². The summed E-state index contributed by atoms with van der Waals surface area (Å²) in [5.74, 6) is -0.700. The topological polar surface area (TPSA) is 38.3 Å². The Balaban J connectivity index is 1.58. The normalized spacial score (nSPS) is 11.3. The third kappa shape index (κ3) is 4.53. The van der Waals surface area contributed by atoms with Gasteiger partial charge in [0, 0.05) is 12.1 Å². The van der Waals surface area contributed by atoms with Crippen LogP contribution in [0.5, 0.6) is 5.75 Å². The van der Waals surface area contributed by atoms with Crippen molar-refractivity contribution in [3.8, 4) is 5.75 Å². The number of hydrogen-bond donors (Lipinski definition) is 1. The summed E-state index contributed by atoms with van der Waals surface area (Å²) in [5.41, 5.74) is 1.40. The van der Waals surface area contributed by atoms with E-state index < -0.39 is 6.36 Å². The number of carbonyl (C=O) groups excluding carboxylic acids is 1. The zero-order chi connectivity index (χ0) is 18.6. The molecule has 26 heavy (non-hydrogen) atoms. The second-order valence-corrected chi connectivity index (χ2v) is 5.72. The van der Waals surface area contributed by atoms with E-state index in [1.54, 1.807) is 0 Å². The predicted molar refractivity (Wildman–Crippen MR) is 93.1 cm³/mol. The number of hydrogen-bond acceptors (Lipinski definition) is 2. The zero-order valence-electron chi connectivity index (χ0n) is 13.7. The van der Waals surface area contributed by atoms with Gasteiger partial charge in [0.15, 0.2) is 0 Å². The number of carbonyl (C=O) groups is 1. The standard InChI is InChI=1S/C20H16F3NO2/c21-20(22,23)26-17-10-8-16(9-11-17)19(25)24-13-12-15-6-3-5-14-4-1-2-7-18(14)15/h1-11H,12-13H2,(H,24,25). The number of benzene rings is 3. The first kappa shape index (κ1) is 17.8. The minimum Gasteiger partial charge on any atom is -0.406 e. The molecule has 0 fully saturated rings. The molecule has 0 aliphatic heterocycles. The van der Waals surface area contributed by atoms with Crippen LogP contribution in [0.15, 0.2) is 66.7 Å². The van der Waals surface area contributed by atoms with E-state index in [4.69, 9.17) is 0 Å². The summed E-state index contributed by atoms with van der Waals surface area (Å²) in [6.45, 7) is 0.424. The van der Waals surface area contributed by atoms with Crippen LogP contribution in [-0.2, 0) is 6.42 Å². The first-order valence-corrected chi connectivity index (χ1v) is 8.03.